The minimum atomic E-state index is 0.752. The maximum Gasteiger partial charge on any atom is 0.00668 e. The van der Waals surface area contributed by atoms with Gasteiger partial charge in [0.05, 0.1) is 0 Å². The van der Waals surface area contributed by atoms with Crippen molar-refractivity contribution >= 4 is 0 Å². The molecule has 1 heteroatoms. The fourth-order valence-corrected chi connectivity index (χ4v) is 3.99. The van der Waals surface area contributed by atoms with Crippen molar-refractivity contribution in [1.29, 1.82) is 0 Å². The Morgan fingerprint density at radius 2 is 1.89 bits per heavy atom. The summed E-state index contributed by atoms with van der Waals surface area (Å²) < 4.78 is 0. The number of rotatable bonds is 3. The standard InChI is InChI=1S/C18H27N/c1-19-18-8-3-2-5-14(13-18)11-15-9-10-16-6-4-7-17(16)12-15/h9-10,12,14,18-19H,2-8,11,13H2,1H3. The Balaban J connectivity index is 1.66. The summed E-state index contributed by atoms with van der Waals surface area (Å²) >= 11 is 0. The Hall–Kier alpha value is -0.820. The Kier molecular flexibility index (Phi) is 4.22. The molecule has 2 unspecified atom stereocenters. The fraction of sp³-hybridized carbons (Fsp3) is 0.667. The zero-order valence-electron chi connectivity index (χ0n) is 12.3. The lowest BCUT2D eigenvalue weighted by atomic mass is 9.90. The van der Waals surface area contributed by atoms with Crippen molar-refractivity contribution < 1.29 is 0 Å². The number of aryl methyl sites for hydroxylation is 2. The van der Waals surface area contributed by atoms with Gasteiger partial charge >= 0.3 is 0 Å². The molecule has 1 saturated carbocycles. The number of hydrogen-bond acceptors (Lipinski definition) is 1. The molecule has 0 aromatic heterocycles. The van der Waals surface area contributed by atoms with E-state index < -0.39 is 0 Å². The van der Waals surface area contributed by atoms with Gasteiger partial charge in [-0.3, -0.25) is 0 Å². The number of hydrogen-bond donors (Lipinski definition) is 1. The Morgan fingerprint density at radius 3 is 2.79 bits per heavy atom. The molecule has 0 radical (unpaired) electrons. The largest absolute Gasteiger partial charge is 0.317 e. The first kappa shape index (κ1) is 13.2. The van der Waals surface area contributed by atoms with Crippen molar-refractivity contribution in [3.8, 4) is 0 Å². The van der Waals surface area contributed by atoms with Crippen molar-refractivity contribution in [3.05, 3.63) is 34.9 Å². The van der Waals surface area contributed by atoms with E-state index in [1.54, 1.807) is 16.7 Å². The molecule has 104 valence electrons. The summed E-state index contributed by atoms with van der Waals surface area (Å²) in [5.41, 5.74) is 4.83. The van der Waals surface area contributed by atoms with Crippen LogP contribution in [0.4, 0.5) is 0 Å². The van der Waals surface area contributed by atoms with Gasteiger partial charge in [0.15, 0.2) is 0 Å². The van der Waals surface area contributed by atoms with Crippen LogP contribution in [0, 0.1) is 5.92 Å². The van der Waals surface area contributed by atoms with Gasteiger partial charge in [0, 0.05) is 6.04 Å². The first-order valence-electron chi connectivity index (χ1n) is 8.13. The van der Waals surface area contributed by atoms with Crippen LogP contribution in [-0.4, -0.2) is 13.1 Å². The highest BCUT2D eigenvalue weighted by Crippen LogP contribution is 2.28. The molecule has 0 bridgehead atoms. The molecule has 1 aromatic carbocycles. The normalized spacial score (nSPS) is 27.0. The van der Waals surface area contributed by atoms with Gasteiger partial charge in [-0.1, -0.05) is 37.5 Å². The second-order valence-corrected chi connectivity index (χ2v) is 6.53. The third-order valence-corrected chi connectivity index (χ3v) is 5.13. The van der Waals surface area contributed by atoms with Crippen molar-refractivity contribution in [2.45, 2.75) is 63.8 Å². The SMILES string of the molecule is CNC1CCCCC(Cc2ccc3c(c2)CCC3)C1. The lowest BCUT2D eigenvalue weighted by Crippen LogP contribution is -2.26. The highest BCUT2D eigenvalue weighted by atomic mass is 14.9. The van der Waals surface area contributed by atoms with Crippen molar-refractivity contribution in [1.82, 2.24) is 5.32 Å². The van der Waals surface area contributed by atoms with Crippen LogP contribution in [0.15, 0.2) is 18.2 Å². The average molecular weight is 257 g/mol. The summed E-state index contributed by atoms with van der Waals surface area (Å²) in [6.07, 6.45) is 12.3. The molecule has 1 N–H and O–H groups in total. The summed E-state index contributed by atoms with van der Waals surface area (Å²) in [7, 11) is 2.13. The molecule has 1 fully saturated rings. The number of benzene rings is 1. The van der Waals surface area contributed by atoms with Crippen LogP contribution in [-0.2, 0) is 19.3 Å². The first-order chi connectivity index (χ1) is 9.35. The van der Waals surface area contributed by atoms with Crippen molar-refractivity contribution in [3.63, 3.8) is 0 Å². The molecule has 2 aliphatic carbocycles. The van der Waals surface area contributed by atoms with E-state index in [0.717, 1.165) is 12.0 Å². The minimum Gasteiger partial charge on any atom is -0.317 e. The van der Waals surface area contributed by atoms with E-state index in [4.69, 9.17) is 0 Å². The molecule has 0 saturated heterocycles. The smallest absolute Gasteiger partial charge is 0.00668 e. The Bertz CT molecular complexity index is 424. The van der Waals surface area contributed by atoms with Gasteiger partial charge in [0.25, 0.3) is 0 Å². The van der Waals surface area contributed by atoms with Gasteiger partial charge in [-0.2, -0.15) is 0 Å². The van der Waals surface area contributed by atoms with E-state index in [-0.39, 0.29) is 0 Å². The molecule has 1 aromatic rings. The summed E-state index contributed by atoms with van der Waals surface area (Å²) in [5.74, 6) is 0.888. The third-order valence-electron chi connectivity index (χ3n) is 5.13. The number of nitrogens with one attached hydrogen (secondary N) is 1. The average Bonchev–Trinajstić information content (AvgIpc) is 2.77. The molecule has 1 nitrogen and oxygen atoms in total. The Labute approximate surface area is 117 Å². The molecule has 19 heavy (non-hydrogen) atoms. The lowest BCUT2D eigenvalue weighted by Gasteiger charge is -2.20. The zero-order valence-corrected chi connectivity index (χ0v) is 12.3. The third kappa shape index (κ3) is 3.20. The molecule has 0 spiro atoms. The highest BCUT2D eigenvalue weighted by Gasteiger charge is 2.20. The quantitative estimate of drug-likeness (QED) is 0.810. The fourth-order valence-electron chi connectivity index (χ4n) is 3.99. The van der Waals surface area contributed by atoms with Gasteiger partial charge in [-0.25, -0.2) is 0 Å². The van der Waals surface area contributed by atoms with E-state index in [1.807, 2.05) is 0 Å². The van der Waals surface area contributed by atoms with Crippen LogP contribution < -0.4 is 5.32 Å². The topological polar surface area (TPSA) is 12.0 Å². The monoisotopic (exact) mass is 257 g/mol. The molecule has 0 amide bonds. The zero-order chi connectivity index (χ0) is 13.1. The molecule has 2 atom stereocenters. The van der Waals surface area contributed by atoms with Crippen LogP contribution >= 0.6 is 0 Å². The van der Waals surface area contributed by atoms with E-state index >= 15 is 0 Å². The van der Waals surface area contributed by atoms with E-state index in [2.05, 4.69) is 30.6 Å². The van der Waals surface area contributed by atoms with Gasteiger partial charge < -0.3 is 5.32 Å². The minimum absolute atomic E-state index is 0.752. The molecular weight excluding hydrogens is 230 g/mol. The molecule has 2 aliphatic rings. The van der Waals surface area contributed by atoms with Crippen LogP contribution in [0.1, 0.15) is 55.2 Å². The second-order valence-electron chi connectivity index (χ2n) is 6.53. The predicted octanol–water partition coefficient (Wildman–Crippen LogP) is 3.89. The van der Waals surface area contributed by atoms with Gasteiger partial charge in [-0.15, -0.1) is 0 Å². The van der Waals surface area contributed by atoms with Crippen molar-refractivity contribution in [2.24, 2.45) is 5.92 Å². The van der Waals surface area contributed by atoms with Crippen LogP contribution in [0.25, 0.3) is 0 Å². The van der Waals surface area contributed by atoms with Crippen LogP contribution in [0.5, 0.6) is 0 Å². The highest BCUT2D eigenvalue weighted by molar-refractivity contribution is 5.35. The molecule has 0 aliphatic heterocycles. The molecule has 0 heterocycles. The number of fused-ring (bicyclic) bond motifs is 1. The Morgan fingerprint density at radius 1 is 1.05 bits per heavy atom. The van der Waals surface area contributed by atoms with Crippen molar-refractivity contribution in [2.75, 3.05) is 7.05 Å². The molecule has 3 rings (SSSR count). The van der Waals surface area contributed by atoms with Crippen LogP contribution in [0.3, 0.4) is 0 Å². The summed E-state index contributed by atoms with van der Waals surface area (Å²) in [6.45, 7) is 0. The summed E-state index contributed by atoms with van der Waals surface area (Å²) in [5, 5.41) is 3.50. The maximum absolute atomic E-state index is 3.50. The van der Waals surface area contributed by atoms with Gasteiger partial charge in [0.2, 0.25) is 0 Å². The molecular formula is C18H27N. The maximum atomic E-state index is 3.50. The summed E-state index contributed by atoms with van der Waals surface area (Å²) in [6, 6.07) is 8.04. The predicted molar refractivity (Wildman–Crippen MR) is 81.6 cm³/mol. The van der Waals surface area contributed by atoms with E-state index in [9.17, 15) is 0 Å². The van der Waals surface area contributed by atoms with E-state index in [0.29, 0.717) is 0 Å². The van der Waals surface area contributed by atoms with Gasteiger partial charge in [0.1, 0.15) is 0 Å². The summed E-state index contributed by atoms with van der Waals surface area (Å²) in [4.78, 5) is 0. The van der Waals surface area contributed by atoms with Crippen LogP contribution in [0.2, 0.25) is 0 Å². The second kappa shape index (κ2) is 6.09. The van der Waals surface area contributed by atoms with Gasteiger partial charge in [-0.05, 0) is 68.2 Å². The lowest BCUT2D eigenvalue weighted by molar-refractivity contribution is 0.400. The first-order valence-corrected chi connectivity index (χ1v) is 8.13. The van der Waals surface area contributed by atoms with E-state index in [1.165, 1.54) is 57.8 Å².